The van der Waals surface area contributed by atoms with E-state index >= 15 is 0 Å². The van der Waals surface area contributed by atoms with Gasteiger partial charge >= 0.3 is 0 Å². The highest BCUT2D eigenvalue weighted by Gasteiger charge is 2.31. The van der Waals surface area contributed by atoms with E-state index in [1.165, 1.54) is 18.3 Å². The molecule has 1 unspecified atom stereocenters. The van der Waals surface area contributed by atoms with Crippen molar-refractivity contribution in [1.29, 1.82) is 0 Å². The Balaban J connectivity index is 2.59. The van der Waals surface area contributed by atoms with Crippen LogP contribution in [0.15, 0.2) is 42.7 Å². The van der Waals surface area contributed by atoms with Crippen LogP contribution in [0.1, 0.15) is 24.5 Å². The van der Waals surface area contributed by atoms with Crippen LogP contribution in [-0.2, 0) is 5.60 Å². The van der Waals surface area contributed by atoms with E-state index in [0.29, 0.717) is 23.2 Å². The molecule has 3 nitrogen and oxygen atoms in total. The van der Waals surface area contributed by atoms with Crippen molar-refractivity contribution in [3.8, 4) is 0 Å². The van der Waals surface area contributed by atoms with Gasteiger partial charge in [-0.25, -0.2) is 4.39 Å². The minimum absolute atomic E-state index is 0.381. The summed E-state index contributed by atoms with van der Waals surface area (Å²) < 4.78 is 13.3. The lowest BCUT2D eigenvalue weighted by atomic mass is 9.84. The predicted octanol–water partition coefficient (Wildman–Crippen LogP) is 2.45. The quantitative estimate of drug-likeness (QED) is 0.874. The Morgan fingerprint density at radius 1 is 1.39 bits per heavy atom. The van der Waals surface area contributed by atoms with Gasteiger partial charge in [0.2, 0.25) is 0 Å². The molecule has 0 radical (unpaired) electrons. The van der Waals surface area contributed by atoms with Gasteiger partial charge < -0.3 is 10.8 Å². The van der Waals surface area contributed by atoms with Gasteiger partial charge in [0, 0.05) is 23.6 Å². The van der Waals surface area contributed by atoms with E-state index in [1.54, 1.807) is 24.4 Å². The number of halogens is 1. The van der Waals surface area contributed by atoms with Crippen LogP contribution in [0.25, 0.3) is 0 Å². The summed E-state index contributed by atoms with van der Waals surface area (Å²) in [5, 5.41) is 10.8. The molecule has 0 saturated carbocycles. The normalized spacial score (nSPS) is 14.2. The highest BCUT2D eigenvalue weighted by molar-refractivity contribution is 5.51. The molecule has 2 rings (SSSR count). The minimum Gasteiger partial charge on any atom is -0.398 e. The number of aliphatic hydroxyl groups is 1. The Bertz CT molecular complexity index is 559. The molecule has 0 aliphatic rings. The third kappa shape index (κ3) is 2.07. The van der Waals surface area contributed by atoms with Crippen LogP contribution in [0, 0.1) is 5.82 Å². The van der Waals surface area contributed by atoms with E-state index in [4.69, 9.17) is 5.73 Å². The molecule has 1 aromatic carbocycles. The molecular formula is C14H15FN2O. The summed E-state index contributed by atoms with van der Waals surface area (Å²) in [6.07, 6.45) is 3.45. The Morgan fingerprint density at radius 2 is 2.17 bits per heavy atom. The molecule has 94 valence electrons. The fourth-order valence-electron chi connectivity index (χ4n) is 2.05. The summed E-state index contributed by atoms with van der Waals surface area (Å²) in [5.74, 6) is -0.387. The first-order chi connectivity index (χ1) is 8.58. The maximum Gasteiger partial charge on any atom is 0.123 e. The molecular weight excluding hydrogens is 231 g/mol. The SMILES string of the molecule is CCC(O)(c1cccc(F)c1)c1cnccc1N. The largest absolute Gasteiger partial charge is 0.398 e. The van der Waals surface area contributed by atoms with Gasteiger partial charge in [0.05, 0.1) is 0 Å². The van der Waals surface area contributed by atoms with Crippen LogP contribution in [0.5, 0.6) is 0 Å². The lowest BCUT2D eigenvalue weighted by Gasteiger charge is -2.28. The molecule has 0 fully saturated rings. The van der Waals surface area contributed by atoms with Crippen LogP contribution in [0.4, 0.5) is 10.1 Å². The van der Waals surface area contributed by atoms with E-state index in [2.05, 4.69) is 4.98 Å². The number of hydrogen-bond donors (Lipinski definition) is 2. The number of hydrogen-bond acceptors (Lipinski definition) is 3. The molecule has 1 heterocycles. The number of aromatic nitrogens is 1. The Hall–Kier alpha value is -1.94. The molecule has 18 heavy (non-hydrogen) atoms. The van der Waals surface area contributed by atoms with Crippen LogP contribution in [0.3, 0.4) is 0 Å². The maximum atomic E-state index is 13.3. The van der Waals surface area contributed by atoms with Gasteiger partial charge in [0.25, 0.3) is 0 Å². The van der Waals surface area contributed by atoms with Gasteiger partial charge in [-0.1, -0.05) is 19.1 Å². The number of anilines is 1. The highest BCUT2D eigenvalue weighted by atomic mass is 19.1. The van der Waals surface area contributed by atoms with Crippen molar-refractivity contribution in [3.63, 3.8) is 0 Å². The summed E-state index contributed by atoms with van der Waals surface area (Å²) in [5.41, 5.74) is 5.96. The van der Waals surface area contributed by atoms with Crippen LogP contribution in [0.2, 0.25) is 0 Å². The molecule has 0 saturated heterocycles. The summed E-state index contributed by atoms with van der Waals surface area (Å²) >= 11 is 0. The molecule has 0 spiro atoms. The Labute approximate surface area is 105 Å². The molecule has 1 aromatic heterocycles. The van der Waals surface area contributed by atoms with Crippen molar-refractivity contribution in [3.05, 3.63) is 59.7 Å². The number of rotatable bonds is 3. The zero-order valence-corrected chi connectivity index (χ0v) is 10.1. The monoisotopic (exact) mass is 246 g/mol. The molecule has 1 atom stereocenters. The lowest BCUT2D eigenvalue weighted by Crippen LogP contribution is -2.27. The third-order valence-electron chi connectivity index (χ3n) is 3.11. The van der Waals surface area contributed by atoms with Crippen LogP contribution in [-0.4, -0.2) is 10.1 Å². The second-order valence-corrected chi connectivity index (χ2v) is 4.19. The van der Waals surface area contributed by atoms with Gasteiger partial charge in [-0.15, -0.1) is 0 Å². The maximum absolute atomic E-state index is 13.3. The van der Waals surface area contributed by atoms with Crippen molar-refractivity contribution in [2.24, 2.45) is 0 Å². The van der Waals surface area contributed by atoms with Gasteiger partial charge in [-0.3, -0.25) is 4.98 Å². The molecule has 0 amide bonds. The van der Waals surface area contributed by atoms with Crippen molar-refractivity contribution in [1.82, 2.24) is 4.98 Å². The van der Waals surface area contributed by atoms with Crippen molar-refractivity contribution in [2.75, 3.05) is 5.73 Å². The van der Waals surface area contributed by atoms with Crippen molar-refractivity contribution >= 4 is 5.69 Å². The number of nitrogen functional groups attached to an aromatic ring is 1. The van der Waals surface area contributed by atoms with E-state index in [-0.39, 0.29) is 5.82 Å². The van der Waals surface area contributed by atoms with Crippen LogP contribution >= 0.6 is 0 Å². The van der Waals surface area contributed by atoms with Gasteiger partial charge in [-0.05, 0) is 30.2 Å². The smallest absolute Gasteiger partial charge is 0.123 e. The zero-order chi connectivity index (χ0) is 13.2. The fraction of sp³-hybridized carbons (Fsp3) is 0.214. The Kier molecular flexibility index (Phi) is 3.30. The summed E-state index contributed by atoms with van der Waals surface area (Å²) in [7, 11) is 0. The first kappa shape index (κ1) is 12.5. The zero-order valence-electron chi connectivity index (χ0n) is 10.1. The number of benzene rings is 1. The highest BCUT2D eigenvalue weighted by Crippen LogP contribution is 2.35. The molecule has 0 aliphatic carbocycles. The molecule has 2 aromatic rings. The number of pyridine rings is 1. The fourth-order valence-corrected chi connectivity index (χ4v) is 2.05. The molecule has 0 bridgehead atoms. The van der Waals surface area contributed by atoms with E-state index in [9.17, 15) is 9.50 Å². The first-order valence-electron chi connectivity index (χ1n) is 5.76. The Morgan fingerprint density at radius 3 is 2.78 bits per heavy atom. The summed E-state index contributed by atoms with van der Waals surface area (Å²) in [6.45, 7) is 1.82. The van der Waals surface area contributed by atoms with Crippen molar-refractivity contribution < 1.29 is 9.50 Å². The van der Waals surface area contributed by atoms with Gasteiger partial charge in [0.1, 0.15) is 11.4 Å². The molecule has 3 N–H and O–H groups in total. The topological polar surface area (TPSA) is 59.1 Å². The number of nitrogens with zero attached hydrogens (tertiary/aromatic N) is 1. The predicted molar refractivity (Wildman–Crippen MR) is 68.3 cm³/mol. The third-order valence-corrected chi connectivity index (χ3v) is 3.11. The average Bonchev–Trinajstić information content (AvgIpc) is 2.38. The lowest BCUT2D eigenvalue weighted by molar-refractivity contribution is 0.0766. The van der Waals surface area contributed by atoms with Gasteiger partial charge in [0.15, 0.2) is 0 Å². The molecule has 4 heteroatoms. The summed E-state index contributed by atoms with van der Waals surface area (Å²) in [4.78, 5) is 3.97. The van der Waals surface area contributed by atoms with Crippen LogP contribution < -0.4 is 5.73 Å². The summed E-state index contributed by atoms with van der Waals surface area (Å²) in [6, 6.07) is 7.52. The second-order valence-electron chi connectivity index (χ2n) is 4.19. The second kappa shape index (κ2) is 4.74. The first-order valence-corrected chi connectivity index (χ1v) is 5.76. The van der Waals surface area contributed by atoms with Crippen molar-refractivity contribution in [2.45, 2.75) is 18.9 Å². The minimum atomic E-state index is -1.32. The van der Waals surface area contributed by atoms with E-state index in [1.807, 2.05) is 6.92 Å². The van der Waals surface area contributed by atoms with Gasteiger partial charge in [-0.2, -0.15) is 0 Å². The molecule has 0 aliphatic heterocycles. The average molecular weight is 246 g/mol. The number of nitrogens with two attached hydrogens (primary N) is 1. The van der Waals surface area contributed by atoms with E-state index < -0.39 is 5.60 Å². The standard InChI is InChI=1S/C14H15FN2O/c1-2-14(18,10-4-3-5-11(15)8-10)12-9-17-7-6-13(12)16/h3-9,18H,2H2,1H3,(H2,16,17). The van der Waals surface area contributed by atoms with E-state index in [0.717, 1.165) is 0 Å².